The second-order valence-corrected chi connectivity index (χ2v) is 11.4. The number of hydrogen-bond donors (Lipinski definition) is 1. The first-order valence-corrected chi connectivity index (χ1v) is 12.7. The van der Waals surface area contributed by atoms with Crippen LogP contribution in [0.1, 0.15) is 103 Å². The summed E-state index contributed by atoms with van der Waals surface area (Å²) in [4.78, 5) is 0. The van der Waals surface area contributed by atoms with E-state index in [1.807, 2.05) is 12.2 Å². The molecule has 1 N–H and O–H groups in total. The largest absolute Gasteiger partial charge is 0.309 e. The molecule has 1 heteroatoms. The first kappa shape index (κ1) is 28.9. The van der Waals surface area contributed by atoms with Crippen molar-refractivity contribution in [2.45, 2.75) is 99.3 Å². The van der Waals surface area contributed by atoms with Gasteiger partial charge in [-0.2, -0.15) is 0 Å². The summed E-state index contributed by atoms with van der Waals surface area (Å²) in [5.41, 5.74) is 8.09. The maximum absolute atomic E-state index is 6.57. The Bertz CT molecular complexity index is 850. The van der Waals surface area contributed by atoms with E-state index in [0.717, 1.165) is 19.3 Å². The fourth-order valence-corrected chi connectivity index (χ4v) is 4.13. The van der Waals surface area contributed by atoms with Gasteiger partial charge in [-0.1, -0.05) is 104 Å². The zero-order valence-corrected chi connectivity index (χ0v) is 22.7. The molecule has 0 amide bonds. The SMILES string of the molecule is C=C/C=C\CCCC1=CC(C(C)(C)C)Cc2c(C)cc(C(C)(C)C)cc21.CCC/C=C\C=N. The molecule has 1 aliphatic rings. The Hall–Kier alpha value is -2.15. The predicted octanol–water partition coefficient (Wildman–Crippen LogP) is 9.80. The molecule has 1 unspecified atom stereocenters. The van der Waals surface area contributed by atoms with Gasteiger partial charge in [-0.3, -0.25) is 0 Å². The molecular formula is C32H49N. The van der Waals surface area contributed by atoms with Crippen LogP contribution in [-0.2, 0) is 11.8 Å². The molecule has 0 saturated heterocycles. The Kier molecular flexibility index (Phi) is 11.8. The van der Waals surface area contributed by atoms with E-state index in [1.165, 1.54) is 42.2 Å². The average Bonchev–Trinajstić information content (AvgIpc) is 2.73. The van der Waals surface area contributed by atoms with Crippen molar-refractivity contribution < 1.29 is 0 Å². The summed E-state index contributed by atoms with van der Waals surface area (Å²) >= 11 is 0. The minimum atomic E-state index is 0.193. The molecule has 0 spiro atoms. The van der Waals surface area contributed by atoms with Crippen LogP contribution in [0.15, 0.2) is 55.2 Å². The first-order valence-electron chi connectivity index (χ1n) is 12.7. The van der Waals surface area contributed by atoms with Gasteiger partial charge in [0.25, 0.3) is 0 Å². The van der Waals surface area contributed by atoms with Crippen molar-refractivity contribution in [1.29, 1.82) is 5.41 Å². The van der Waals surface area contributed by atoms with Crippen molar-refractivity contribution in [1.82, 2.24) is 0 Å². The highest BCUT2D eigenvalue weighted by Crippen LogP contribution is 2.42. The lowest BCUT2D eigenvalue weighted by atomic mass is 9.69. The van der Waals surface area contributed by atoms with Crippen molar-refractivity contribution in [3.05, 3.63) is 77.4 Å². The molecule has 182 valence electrons. The Morgan fingerprint density at radius 2 is 1.70 bits per heavy atom. The zero-order chi connectivity index (χ0) is 25.1. The van der Waals surface area contributed by atoms with Crippen LogP contribution in [0.5, 0.6) is 0 Å². The van der Waals surface area contributed by atoms with Gasteiger partial charge in [0.15, 0.2) is 0 Å². The molecule has 1 aliphatic carbocycles. The van der Waals surface area contributed by atoms with Crippen LogP contribution in [0.4, 0.5) is 0 Å². The van der Waals surface area contributed by atoms with E-state index in [2.05, 4.69) is 92.3 Å². The minimum Gasteiger partial charge on any atom is -0.309 e. The molecule has 0 saturated carbocycles. The van der Waals surface area contributed by atoms with Crippen LogP contribution in [0.25, 0.3) is 5.57 Å². The third kappa shape index (κ3) is 9.70. The van der Waals surface area contributed by atoms with Crippen LogP contribution >= 0.6 is 0 Å². The normalized spacial score (nSPS) is 16.2. The summed E-state index contributed by atoms with van der Waals surface area (Å²) in [6.45, 7) is 22.3. The molecule has 1 nitrogen and oxygen atoms in total. The quantitative estimate of drug-likeness (QED) is 0.233. The summed E-state index contributed by atoms with van der Waals surface area (Å²) in [6.07, 6.45) is 20.7. The topological polar surface area (TPSA) is 23.9 Å². The molecule has 0 aromatic heterocycles. The van der Waals surface area contributed by atoms with E-state index in [4.69, 9.17) is 5.41 Å². The standard InChI is InChI=1S/C26H38.C6H11N/c1-9-10-11-12-13-14-20-16-22(26(6,7)8)17-23-19(2)15-21(18-24(20)23)25(3,4)5;1-2-3-4-5-6-7/h9-11,15-16,18,22H,1,12-14,17H2,2-8H3;4-7H,2-3H2,1H3/b11-10-;5-4-,7-6?. The summed E-state index contributed by atoms with van der Waals surface area (Å²) in [6, 6.07) is 4.90. The highest BCUT2D eigenvalue weighted by atomic mass is 14.3. The smallest absolute Gasteiger partial charge is 0.0174 e. The van der Waals surface area contributed by atoms with Crippen LogP contribution in [0.2, 0.25) is 0 Å². The highest BCUT2D eigenvalue weighted by molar-refractivity contribution is 5.73. The van der Waals surface area contributed by atoms with E-state index < -0.39 is 0 Å². The maximum atomic E-state index is 6.57. The number of fused-ring (bicyclic) bond motifs is 1. The molecule has 0 fully saturated rings. The second-order valence-electron chi connectivity index (χ2n) is 11.4. The molecule has 1 aromatic carbocycles. The Balaban J connectivity index is 0.000000675. The molecule has 0 radical (unpaired) electrons. The van der Waals surface area contributed by atoms with Crippen molar-refractivity contribution in [2.24, 2.45) is 11.3 Å². The molecule has 0 aliphatic heterocycles. The third-order valence-corrected chi connectivity index (χ3v) is 6.40. The van der Waals surface area contributed by atoms with E-state index >= 15 is 0 Å². The predicted molar refractivity (Wildman–Crippen MR) is 151 cm³/mol. The van der Waals surface area contributed by atoms with Crippen molar-refractivity contribution in [3.63, 3.8) is 0 Å². The van der Waals surface area contributed by atoms with Gasteiger partial charge in [0.2, 0.25) is 0 Å². The van der Waals surface area contributed by atoms with E-state index in [1.54, 1.807) is 17.2 Å². The molecular weight excluding hydrogens is 398 g/mol. The lowest BCUT2D eigenvalue weighted by Gasteiger charge is -2.35. The summed E-state index contributed by atoms with van der Waals surface area (Å²) in [7, 11) is 0. The molecule has 0 heterocycles. The van der Waals surface area contributed by atoms with Crippen molar-refractivity contribution >= 4 is 11.8 Å². The second kappa shape index (κ2) is 13.5. The van der Waals surface area contributed by atoms with Gasteiger partial charge in [-0.15, -0.1) is 0 Å². The Morgan fingerprint density at radius 3 is 2.24 bits per heavy atom. The number of rotatable bonds is 8. The van der Waals surface area contributed by atoms with Gasteiger partial charge in [-0.05, 0) is 89.7 Å². The number of hydrogen-bond acceptors (Lipinski definition) is 1. The van der Waals surface area contributed by atoms with Gasteiger partial charge in [0, 0.05) is 6.21 Å². The van der Waals surface area contributed by atoms with Crippen molar-refractivity contribution in [2.75, 3.05) is 0 Å². The van der Waals surface area contributed by atoms with Crippen LogP contribution in [0, 0.1) is 23.7 Å². The molecule has 1 aromatic rings. The highest BCUT2D eigenvalue weighted by Gasteiger charge is 2.30. The molecule has 33 heavy (non-hydrogen) atoms. The number of allylic oxidation sites excluding steroid dienone is 7. The van der Waals surface area contributed by atoms with Crippen molar-refractivity contribution in [3.8, 4) is 0 Å². The Labute approximate surface area is 205 Å². The molecule has 0 bridgehead atoms. The van der Waals surface area contributed by atoms with Crippen LogP contribution in [0.3, 0.4) is 0 Å². The lowest BCUT2D eigenvalue weighted by Crippen LogP contribution is -2.25. The molecule has 1 atom stereocenters. The monoisotopic (exact) mass is 447 g/mol. The number of aryl methyl sites for hydroxylation is 1. The summed E-state index contributed by atoms with van der Waals surface area (Å²) < 4.78 is 0. The average molecular weight is 448 g/mol. The van der Waals surface area contributed by atoms with E-state index in [9.17, 15) is 0 Å². The van der Waals surface area contributed by atoms with Crippen LogP contribution in [-0.4, -0.2) is 6.21 Å². The summed E-state index contributed by atoms with van der Waals surface area (Å²) in [5, 5.41) is 6.57. The van der Waals surface area contributed by atoms with E-state index in [-0.39, 0.29) is 5.41 Å². The van der Waals surface area contributed by atoms with Gasteiger partial charge in [0.05, 0.1) is 0 Å². The number of unbranched alkanes of at least 4 members (excludes halogenated alkanes) is 2. The fourth-order valence-electron chi connectivity index (χ4n) is 4.13. The number of nitrogens with one attached hydrogen (secondary N) is 1. The first-order chi connectivity index (χ1) is 15.5. The Morgan fingerprint density at radius 1 is 1.03 bits per heavy atom. The third-order valence-electron chi connectivity index (χ3n) is 6.40. The van der Waals surface area contributed by atoms with E-state index in [0.29, 0.717) is 11.3 Å². The minimum absolute atomic E-state index is 0.193. The van der Waals surface area contributed by atoms with Gasteiger partial charge < -0.3 is 5.41 Å². The number of benzene rings is 1. The van der Waals surface area contributed by atoms with Crippen LogP contribution < -0.4 is 0 Å². The zero-order valence-electron chi connectivity index (χ0n) is 22.7. The van der Waals surface area contributed by atoms with Gasteiger partial charge >= 0.3 is 0 Å². The molecule has 2 rings (SSSR count). The lowest BCUT2D eigenvalue weighted by molar-refractivity contribution is 0.289. The maximum Gasteiger partial charge on any atom is 0.0174 e. The van der Waals surface area contributed by atoms with Gasteiger partial charge in [0.1, 0.15) is 0 Å². The van der Waals surface area contributed by atoms with Gasteiger partial charge in [-0.25, -0.2) is 0 Å². The summed E-state index contributed by atoms with van der Waals surface area (Å²) in [5.74, 6) is 0.618. The fraction of sp³-hybridized carbons (Fsp3) is 0.531.